The van der Waals surface area contributed by atoms with Crippen molar-refractivity contribution in [1.82, 2.24) is 0 Å². The lowest BCUT2D eigenvalue weighted by Gasteiger charge is -2.32. The highest BCUT2D eigenvalue weighted by atomic mass is 16.5. The van der Waals surface area contributed by atoms with Crippen molar-refractivity contribution in [2.24, 2.45) is 23.7 Å². The van der Waals surface area contributed by atoms with Gasteiger partial charge in [0.15, 0.2) is 0 Å². The van der Waals surface area contributed by atoms with E-state index in [2.05, 4.69) is 79.7 Å². The van der Waals surface area contributed by atoms with E-state index in [1.54, 1.807) is 0 Å². The highest BCUT2D eigenvalue weighted by molar-refractivity contribution is 4.89. The van der Waals surface area contributed by atoms with E-state index in [-0.39, 0.29) is 0 Å². The Hall–Kier alpha value is -0.560. The average Bonchev–Trinajstić information content (AvgIpc) is 2.60. The Bertz CT molecular complexity index is 344. The zero-order valence-corrected chi connectivity index (χ0v) is 19.8. The molecule has 0 rings (SSSR count). The van der Waals surface area contributed by atoms with E-state index in [1.807, 2.05) is 0 Å². The fourth-order valence-corrected chi connectivity index (χ4v) is 3.44. The van der Waals surface area contributed by atoms with Crippen LogP contribution in [0.2, 0.25) is 0 Å². The molecule has 160 valence electrons. The molecule has 4 atom stereocenters. The van der Waals surface area contributed by atoms with Gasteiger partial charge in [-0.2, -0.15) is 0 Å². The summed E-state index contributed by atoms with van der Waals surface area (Å²) in [6.45, 7) is 18.3. The van der Waals surface area contributed by atoms with Crippen molar-refractivity contribution >= 4 is 0 Å². The second kappa shape index (κ2) is 16.4. The van der Waals surface area contributed by atoms with Crippen LogP contribution in [0.5, 0.6) is 0 Å². The van der Waals surface area contributed by atoms with Crippen molar-refractivity contribution < 1.29 is 4.74 Å². The third kappa shape index (κ3) is 14.1. The Morgan fingerprint density at radius 1 is 0.630 bits per heavy atom. The first-order valence-corrected chi connectivity index (χ1v) is 11.8. The normalized spacial score (nSPS) is 17.3. The van der Waals surface area contributed by atoms with E-state index in [1.165, 1.54) is 38.5 Å². The third-order valence-electron chi connectivity index (χ3n) is 5.36. The maximum Gasteiger partial charge on any atom is 0.0607 e. The second-order valence-electron chi connectivity index (χ2n) is 9.27. The van der Waals surface area contributed by atoms with Gasteiger partial charge in [-0.25, -0.2) is 0 Å². The molecule has 1 heteroatoms. The Morgan fingerprint density at radius 2 is 1.00 bits per heavy atom. The monoisotopic (exact) mass is 378 g/mol. The van der Waals surface area contributed by atoms with Gasteiger partial charge in [0.1, 0.15) is 0 Å². The molecule has 0 aliphatic heterocycles. The van der Waals surface area contributed by atoms with Gasteiger partial charge in [-0.3, -0.25) is 0 Å². The van der Waals surface area contributed by atoms with Gasteiger partial charge in [0, 0.05) is 0 Å². The summed E-state index contributed by atoms with van der Waals surface area (Å²) in [6, 6.07) is 0. The molecular weight excluding hydrogens is 328 g/mol. The maximum atomic E-state index is 6.83. The highest BCUT2D eigenvalue weighted by Gasteiger charge is 2.24. The molecule has 4 unspecified atom stereocenters. The molecule has 0 aliphatic rings. The standard InChI is InChI=1S/C26H50O/c1-9-11-19-25(23(7)17-13-15-21(3)4)27-26(20-12-10-2)24(8)18-14-16-22(5)6/h13-16,21-26H,9-12,17-20H2,1-8H3. The van der Waals surface area contributed by atoms with E-state index in [0.29, 0.717) is 35.9 Å². The van der Waals surface area contributed by atoms with E-state index in [9.17, 15) is 0 Å². The Balaban J connectivity index is 4.98. The third-order valence-corrected chi connectivity index (χ3v) is 5.36. The molecule has 0 saturated carbocycles. The first-order valence-electron chi connectivity index (χ1n) is 11.8. The number of unbranched alkanes of at least 4 members (excludes halogenated alkanes) is 2. The van der Waals surface area contributed by atoms with Gasteiger partial charge in [-0.1, -0.05) is 105 Å². The molecule has 0 aromatic carbocycles. The number of ether oxygens (including phenoxy) is 1. The molecule has 27 heavy (non-hydrogen) atoms. The molecule has 0 bridgehead atoms. The molecule has 0 aromatic heterocycles. The largest absolute Gasteiger partial charge is 0.374 e. The fourth-order valence-electron chi connectivity index (χ4n) is 3.44. The van der Waals surface area contributed by atoms with Crippen LogP contribution in [0.1, 0.15) is 107 Å². The molecule has 0 saturated heterocycles. The summed E-state index contributed by atoms with van der Waals surface area (Å²) in [6.07, 6.45) is 19.9. The van der Waals surface area contributed by atoms with Crippen LogP contribution in [-0.2, 0) is 4.74 Å². The first kappa shape index (κ1) is 26.4. The van der Waals surface area contributed by atoms with Gasteiger partial charge in [-0.05, 0) is 49.4 Å². The lowest BCUT2D eigenvalue weighted by molar-refractivity contribution is -0.0700. The predicted molar refractivity (Wildman–Crippen MR) is 123 cm³/mol. The fraction of sp³-hybridized carbons (Fsp3) is 0.846. The molecule has 0 heterocycles. The van der Waals surface area contributed by atoms with Crippen LogP contribution in [0.3, 0.4) is 0 Å². The molecule has 0 N–H and O–H groups in total. The summed E-state index contributed by atoms with van der Waals surface area (Å²) in [4.78, 5) is 0. The SMILES string of the molecule is CCCCC(OC(CCCC)C(C)CC=CC(C)C)C(C)CC=CC(C)C. The summed E-state index contributed by atoms with van der Waals surface area (Å²) >= 11 is 0. The van der Waals surface area contributed by atoms with E-state index in [4.69, 9.17) is 4.74 Å². The topological polar surface area (TPSA) is 9.23 Å². The molecule has 0 aliphatic carbocycles. The quantitative estimate of drug-likeness (QED) is 0.244. The molecule has 0 amide bonds. The summed E-state index contributed by atoms with van der Waals surface area (Å²) in [5, 5.41) is 0. The lowest BCUT2D eigenvalue weighted by Crippen LogP contribution is -2.31. The molecule has 0 spiro atoms. The molecule has 0 radical (unpaired) electrons. The molecule has 0 aromatic rings. The van der Waals surface area contributed by atoms with Crippen LogP contribution in [0.4, 0.5) is 0 Å². The van der Waals surface area contributed by atoms with Crippen LogP contribution < -0.4 is 0 Å². The highest BCUT2D eigenvalue weighted by Crippen LogP contribution is 2.26. The number of hydrogen-bond donors (Lipinski definition) is 0. The van der Waals surface area contributed by atoms with Gasteiger partial charge in [0.25, 0.3) is 0 Å². The Morgan fingerprint density at radius 3 is 1.30 bits per heavy atom. The van der Waals surface area contributed by atoms with Gasteiger partial charge in [-0.15, -0.1) is 0 Å². The summed E-state index contributed by atoms with van der Waals surface area (Å²) in [7, 11) is 0. The minimum Gasteiger partial charge on any atom is -0.374 e. The predicted octanol–water partition coefficient (Wildman–Crippen LogP) is 8.60. The van der Waals surface area contributed by atoms with E-state index >= 15 is 0 Å². The zero-order chi connectivity index (χ0) is 20.7. The van der Waals surface area contributed by atoms with E-state index in [0.717, 1.165) is 12.8 Å². The van der Waals surface area contributed by atoms with Gasteiger partial charge in [0.2, 0.25) is 0 Å². The maximum absolute atomic E-state index is 6.83. The first-order chi connectivity index (χ1) is 12.8. The number of hydrogen-bond acceptors (Lipinski definition) is 1. The lowest BCUT2D eigenvalue weighted by atomic mass is 9.92. The summed E-state index contributed by atoms with van der Waals surface area (Å²) < 4.78 is 6.83. The van der Waals surface area contributed by atoms with Gasteiger partial charge >= 0.3 is 0 Å². The van der Waals surface area contributed by atoms with Crippen LogP contribution in [0.15, 0.2) is 24.3 Å². The Kier molecular flexibility index (Phi) is 16.1. The smallest absolute Gasteiger partial charge is 0.0607 e. The molecular formula is C26H50O. The number of rotatable bonds is 16. The summed E-state index contributed by atoms with van der Waals surface area (Å²) in [5.74, 6) is 2.46. The van der Waals surface area contributed by atoms with Crippen LogP contribution in [0, 0.1) is 23.7 Å². The van der Waals surface area contributed by atoms with Crippen molar-refractivity contribution in [3.8, 4) is 0 Å². The minimum atomic E-state index is 0.389. The number of allylic oxidation sites excluding steroid dienone is 4. The summed E-state index contributed by atoms with van der Waals surface area (Å²) in [5.41, 5.74) is 0. The minimum absolute atomic E-state index is 0.389. The van der Waals surface area contributed by atoms with Crippen LogP contribution >= 0.6 is 0 Å². The van der Waals surface area contributed by atoms with Crippen molar-refractivity contribution in [3.63, 3.8) is 0 Å². The zero-order valence-electron chi connectivity index (χ0n) is 19.8. The van der Waals surface area contributed by atoms with Crippen molar-refractivity contribution in [3.05, 3.63) is 24.3 Å². The second-order valence-corrected chi connectivity index (χ2v) is 9.27. The van der Waals surface area contributed by atoms with Crippen molar-refractivity contribution in [2.45, 2.75) is 119 Å². The average molecular weight is 379 g/mol. The van der Waals surface area contributed by atoms with Gasteiger partial charge < -0.3 is 4.74 Å². The van der Waals surface area contributed by atoms with Crippen molar-refractivity contribution in [2.75, 3.05) is 0 Å². The van der Waals surface area contributed by atoms with E-state index < -0.39 is 0 Å². The Labute approximate surface area is 172 Å². The van der Waals surface area contributed by atoms with Crippen molar-refractivity contribution in [1.29, 1.82) is 0 Å². The van der Waals surface area contributed by atoms with Crippen LogP contribution in [-0.4, -0.2) is 12.2 Å². The van der Waals surface area contributed by atoms with Gasteiger partial charge in [0.05, 0.1) is 12.2 Å². The molecule has 0 fully saturated rings. The van der Waals surface area contributed by atoms with Crippen LogP contribution in [0.25, 0.3) is 0 Å². The molecule has 1 nitrogen and oxygen atoms in total.